The number of carbonyl (C=O) groups excluding carboxylic acids is 1. The molecule has 1 aromatic rings. The smallest absolute Gasteiger partial charge is 0.160 e. The van der Waals surface area contributed by atoms with Crippen LogP contribution in [0.1, 0.15) is 5.56 Å². The maximum Gasteiger partial charge on any atom is 0.160 e. The van der Waals surface area contributed by atoms with Crippen molar-refractivity contribution in [2.24, 2.45) is 4.99 Å². The minimum absolute atomic E-state index is 0.583. The third-order valence-electron chi connectivity index (χ3n) is 1.28. The topological polar surface area (TPSA) is 29.4 Å². The van der Waals surface area contributed by atoms with Crippen LogP contribution in [0.2, 0.25) is 0 Å². The minimum atomic E-state index is 0.583. The molecule has 2 nitrogen and oxygen atoms in total. The third-order valence-corrected chi connectivity index (χ3v) is 1.28. The Morgan fingerprint density at radius 2 is 2.00 bits per heavy atom. The molecular formula is C9H9NO. The van der Waals surface area contributed by atoms with Crippen molar-refractivity contribution in [2.45, 2.75) is 6.54 Å². The van der Waals surface area contributed by atoms with Crippen LogP contribution in [0.25, 0.3) is 0 Å². The largest absolute Gasteiger partial charge is 0.297 e. The van der Waals surface area contributed by atoms with Gasteiger partial charge >= 0.3 is 0 Å². The van der Waals surface area contributed by atoms with E-state index in [0.717, 1.165) is 5.56 Å². The Kier molecular flexibility index (Phi) is 3.06. The first-order valence-electron chi connectivity index (χ1n) is 3.41. The van der Waals surface area contributed by atoms with Crippen LogP contribution >= 0.6 is 0 Å². The average Bonchev–Trinajstić information content (AvgIpc) is 2.07. The molecule has 0 aliphatic rings. The van der Waals surface area contributed by atoms with E-state index in [4.69, 9.17) is 0 Å². The van der Waals surface area contributed by atoms with Crippen molar-refractivity contribution in [3.05, 3.63) is 35.9 Å². The Morgan fingerprint density at radius 1 is 1.27 bits per heavy atom. The predicted molar refractivity (Wildman–Crippen MR) is 44.7 cm³/mol. The van der Waals surface area contributed by atoms with Crippen molar-refractivity contribution >= 4 is 12.5 Å². The van der Waals surface area contributed by atoms with Gasteiger partial charge < -0.3 is 0 Å². The van der Waals surface area contributed by atoms with Gasteiger partial charge in [-0.25, -0.2) is 0 Å². The summed E-state index contributed by atoms with van der Waals surface area (Å²) in [5.74, 6) is 0. The molecule has 1 aromatic carbocycles. The maximum atomic E-state index is 9.85. The molecule has 2 heteroatoms. The zero-order valence-electron chi connectivity index (χ0n) is 6.10. The van der Waals surface area contributed by atoms with Gasteiger partial charge in [0.15, 0.2) is 6.29 Å². The van der Waals surface area contributed by atoms with Gasteiger partial charge in [-0.3, -0.25) is 9.79 Å². The molecular weight excluding hydrogens is 138 g/mol. The molecule has 0 aliphatic heterocycles. The summed E-state index contributed by atoms with van der Waals surface area (Å²) in [6.45, 7) is 0.583. The number of benzene rings is 1. The lowest BCUT2D eigenvalue weighted by atomic mass is 10.2. The number of carbonyl (C=O) groups is 1. The number of nitrogens with zero attached hydrogens (tertiary/aromatic N) is 1. The lowest BCUT2D eigenvalue weighted by molar-refractivity contribution is -0.102. The van der Waals surface area contributed by atoms with Crippen LogP contribution in [0.5, 0.6) is 0 Å². The molecule has 0 N–H and O–H groups in total. The highest BCUT2D eigenvalue weighted by Gasteiger charge is 1.84. The maximum absolute atomic E-state index is 9.85. The second-order valence-corrected chi connectivity index (χ2v) is 2.11. The summed E-state index contributed by atoms with van der Waals surface area (Å²) in [7, 11) is 0. The quantitative estimate of drug-likeness (QED) is 0.470. The van der Waals surface area contributed by atoms with E-state index in [1.54, 1.807) is 0 Å². The van der Waals surface area contributed by atoms with Crippen molar-refractivity contribution in [2.75, 3.05) is 0 Å². The van der Waals surface area contributed by atoms with E-state index in [2.05, 4.69) is 4.99 Å². The molecule has 0 atom stereocenters. The zero-order valence-corrected chi connectivity index (χ0v) is 6.10. The number of hydrogen-bond acceptors (Lipinski definition) is 2. The van der Waals surface area contributed by atoms with Gasteiger partial charge in [-0.15, -0.1) is 0 Å². The molecule has 0 radical (unpaired) electrons. The van der Waals surface area contributed by atoms with E-state index < -0.39 is 0 Å². The molecule has 0 fully saturated rings. The SMILES string of the molecule is O=CC=NCc1ccccc1. The second-order valence-electron chi connectivity index (χ2n) is 2.11. The van der Waals surface area contributed by atoms with Crippen molar-refractivity contribution in [1.29, 1.82) is 0 Å². The van der Waals surface area contributed by atoms with Crippen LogP contribution < -0.4 is 0 Å². The molecule has 0 spiro atoms. The van der Waals surface area contributed by atoms with E-state index in [9.17, 15) is 4.79 Å². The van der Waals surface area contributed by atoms with Gasteiger partial charge in [-0.2, -0.15) is 0 Å². The lowest BCUT2D eigenvalue weighted by Gasteiger charge is -1.91. The van der Waals surface area contributed by atoms with Crippen LogP contribution in [0, 0.1) is 0 Å². The Hall–Kier alpha value is -1.44. The fourth-order valence-corrected chi connectivity index (χ4v) is 0.785. The van der Waals surface area contributed by atoms with Crippen LogP contribution in [0.3, 0.4) is 0 Å². The highest BCUT2D eigenvalue weighted by Crippen LogP contribution is 1.98. The van der Waals surface area contributed by atoms with E-state index in [0.29, 0.717) is 12.8 Å². The van der Waals surface area contributed by atoms with Crippen LogP contribution in [0.4, 0.5) is 0 Å². The number of rotatable bonds is 3. The first-order chi connectivity index (χ1) is 5.43. The summed E-state index contributed by atoms with van der Waals surface area (Å²) in [5, 5.41) is 0. The second kappa shape index (κ2) is 4.39. The van der Waals surface area contributed by atoms with E-state index in [1.807, 2.05) is 30.3 Å². The molecule has 0 bridgehead atoms. The average molecular weight is 147 g/mol. The third kappa shape index (κ3) is 2.76. The fraction of sp³-hybridized carbons (Fsp3) is 0.111. The first kappa shape index (κ1) is 7.66. The van der Waals surface area contributed by atoms with Gasteiger partial charge in [0.1, 0.15) is 0 Å². The van der Waals surface area contributed by atoms with Gasteiger partial charge in [0.05, 0.1) is 12.8 Å². The summed E-state index contributed by atoms with van der Waals surface area (Å²) in [6, 6.07) is 9.80. The van der Waals surface area contributed by atoms with Crippen molar-refractivity contribution in [3.8, 4) is 0 Å². The molecule has 0 aliphatic carbocycles. The summed E-state index contributed by atoms with van der Waals surface area (Å²) < 4.78 is 0. The number of hydrogen-bond donors (Lipinski definition) is 0. The Balaban J connectivity index is 2.51. The minimum Gasteiger partial charge on any atom is -0.297 e. The molecule has 0 unspecified atom stereocenters. The molecule has 11 heavy (non-hydrogen) atoms. The Morgan fingerprint density at radius 3 is 2.64 bits per heavy atom. The molecule has 0 saturated heterocycles. The molecule has 1 rings (SSSR count). The van der Waals surface area contributed by atoms with Gasteiger partial charge in [0.25, 0.3) is 0 Å². The number of aliphatic imine (C=N–C) groups is 1. The first-order valence-corrected chi connectivity index (χ1v) is 3.41. The Bertz CT molecular complexity index is 241. The van der Waals surface area contributed by atoms with Gasteiger partial charge in [-0.05, 0) is 5.56 Å². The van der Waals surface area contributed by atoms with Gasteiger partial charge in [-0.1, -0.05) is 30.3 Å². The summed E-state index contributed by atoms with van der Waals surface area (Å²) >= 11 is 0. The van der Waals surface area contributed by atoms with Gasteiger partial charge in [0, 0.05) is 0 Å². The zero-order chi connectivity index (χ0) is 7.94. The number of aldehydes is 1. The van der Waals surface area contributed by atoms with Gasteiger partial charge in [0.2, 0.25) is 0 Å². The highest BCUT2D eigenvalue weighted by atomic mass is 16.1. The van der Waals surface area contributed by atoms with Crippen LogP contribution in [-0.4, -0.2) is 12.5 Å². The Labute approximate surface area is 65.6 Å². The van der Waals surface area contributed by atoms with Crippen molar-refractivity contribution < 1.29 is 4.79 Å². The standard InChI is InChI=1S/C9H9NO/c11-7-6-10-8-9-4-2-1-3-5-9/h1-7H,8H2. The molecule has 0 saturated carbocycles. The predicted octanol–water partition coefficient (Wildman–Crippen LogP) is 1.46. The molecule has 56 valence electrons. The molecule has 0 amide bonds. The summed E-state index contributed by atoms with van der Waals surface area (Å²) in [4.78, 5) is 13.7. The summed E-state index contributed by atoms with van der Waals surface area (Å²) in [6.07, 6.45) is 1.95. The van der Waals surface area contributed by atoms with Crippen LogP contribution in [-0.2, 0) is 11.3 Å². The van der Waals surface area contributed by atoms with Crippen molar-refractivity contribution in [1.82, 2.24) is 0 Å². The summed E-state index contributed by atoms with van der Waals surface area (Å²) in [5.41, 5.74) is 1.12. The van der Waals surface area contributed by atoms with Crippen molar-refractivity contribution in [3.63, 3.8) is 0 Å². The lowest BCUT2D eigenvalue weighted by Crippen LogP contribution is -1.81. The normalized spacial score (nSPS) is 10.2. The van der Waals surface area contributed by atoms with E-state index >= 15 is 0 Å². The van der Waals surface area contributed by atoms with Crippen LogP contribution in [0.15, 0.2) is 35.3 Å². The van der Waals surface area contributed by atoms with E-state index in [-0.39, 0.29) is 0 Å². The fourth-order valence-electron chi connectivity index (χ4n) is 0.785. The molecule has 0 heterocycles. The molecule has 0 aromatic heterocycles. The highest BCUT2D eigenvalue weighted by molar-refractivity contribution is 6.12. The van der Waals surface area contributed by atoms with E-state index in [1.165, 1.54) is 6.21 Å². The monoisotopic (exact) mass is 147 g/mol.